The van der Waals surface area contributed by atoms with Crippen LogP contribution in [0.2, 0.25) is 0 Å². The Morgan fingerprint density at radius 3 is 2.42 bits per heavy atom. The number of benzene rings is 1. The van der Waals surface area contributed by atoms with Gasteiger partial charge in [0.25, 0.3) is 5.91 Å². The maximum Gasteiger partial charge on any atom is 0.294 e. The van der Waals surface area contributed by atoms with E-state index in [2.05, 4.69) is 4.98 Å². The molecule has 0 spiro atoms. The molecule has 3 rings (SSSR count). The molecule has 1 amide bonds. The van der Waals surface area contributed by atoms with Crippen molar-refractivity contribution in [2.24, 2.45) is 5.92 Å². The van der Waals surface area contributed by atoms with Gasteiger partial charge < -0.3 is 9.84 Å². The molecular weight excluding hydrogens is 332 g/mol. The molecule has 1 aromatic carbocycles. The van der Waals surface area contributed by atoms with E-state index >= 15 is 0 Å². The number of carbonyl (C=O) groups excluding carboxylic acids is 2. The van der Waals surface area contributed by atoms with E-state index < -0.39 is 17.7 Å². The molecule has 0 bridgehead atoms. The summed E-state index contributed by atoms with van der Waals surface area (Å²) in [5.74, 6) is -1.13. The first-order valence-electron chi connectivity index (χ1n) is 8.31. The molecule has 1 aliphatic heterocycles. The summed E-state index contributed by atoms with van der Waals surface area (Å²) in [6.45, 7) is 3.47. The van der Waals surface area contributed by atoms with E-state index in [0.717, 1.165) is 0 Å². The van der Waals surface area contributed by atoms with E-state index in [0.29, 0.717) is 17.1 Å². The van der Waals surface area contributed by atoms with Gasteiger partial charge in [-0.25, -0.2) is 0 Å². The second kappa shape index (κ2) is 7.00. The monoisotopic (exact) mass is 352 g/mol. The number of aliphatic hydroxyl groups excluding tert-OH is 1. The summed E-state index contributed by atoms with van der Waals surface area (Å²) in [4.78, 5) is 31.2. The van der Waals surface area contributed by atoms with Crippen molar-refractivity contribution in [2.45, 2.75) is 19.9 Å². The molecule has 1 N–H and O–H groups in total. The maximum atomic E-state index is 12.8. The van der Waals surface area contributed by atoms with Gasteiger partial charge in [0.2, 0.25) is 0 Å². The third-order valence-electron chi connectivity index (χ3n) is 4.32. The zero-order valence-corrected chi connectivity index (χ0v) is 14.8. The lowest BCUT2D eigenvalue weighted by Crippen LogP contribution is -2.31. The normalized spacial score (nSPS) is 17.2. The number of Topliss-reactive ketones (excluding diaryl/α,β-unsaturated/α-hetero) is 1. The van der Waals surface area contributed by atoms with Crippen LogP contribution < -0.4 is 9.64 Å². The van der Waals surface area contributed by atoms with E-state index in [1.54, 1.807) is 69.6 Å². The molecule has 0 aliphatic carbocycles. The molecule has 1 unspecified atom stereocenters. The molecule has 1 aliphatic rings. The average molecular weight is 352 g/mol. The highest BCUT2D eigenvalue weighted by Crippen LogP contribution is 2.41. The Balaban J connectivity index is 2.14. The summed E-state index contributed by atoms with van der Waals surface area (Å²) in [5.41, 5.74) is 1.15. The second-order valence-electron chi connectivity index (χ2n) is 6.31. The molecule has 0 fully saturated rings. The third-order valence-corrected chi connectivity index (χ3v) is 4.32. The van der Waals surface area contributed by atoms with Gasteiger partial charge in [-0.3, -0.25) is 19.5 Å². The van der Waals surface area contributed by atoms with Crippen LogP contribution >= 0.6 is 0 Å². The Morgan fingerprint density at radius 2 is 1.88 bits per heavy atom. The first kappa shape index (κ1) is 17.7. The van der Waals surface area contributed by atoms with Crippen molar-refractivity contribution in [1.29, 1.82) is 0 Å². The van der Waals surface area contributed by atoms with Crippen molar-refractivity contribution in [3.63, 3.8) is 0 Å². The molecule has 6 nitrogen and oxygen atoms in total. The molecule has 1 atom stereocenters. The summed E-state index contributed by atoms with van der Waals surface area (Å²) in [6, 6.07) is 11.4. The number of hydrogen-bond donors (Lipinski definition) is 1. The summed E-state index contributed by atoms with van der Waals surface area (Å²) in [6.07, 6.45) is 1.60. The minimum absolute atomic E-state index is 0.0829. The van der Waals surface area contributed by atoms with Crippen LogP contribution in [0.4, 0.5) is 5.69 Å². The number of hydrogen-bond acceptors (Lipinski definition) is 5. The van der Waals surface area contributed by atoms with Crippen LogP contribution in [-0.4, -0.2) is 28.9 Å². The van der Waals surface area contributed by atoms with Gasteiger partial charge in [-0.15, -0.1) is 0 Å². The number of aromatic nitrogens is 1. The Morgan fingerprint density at radius 1 is 1.19 bits per heavy atom. The zero-order chi connectivity index (χ0) is 18.8. The number of methoxy groups -OCH3 is 1. The fourth-order valence-corrected chi connectivity index (χ4v) is 2.99. The van der Waals surface area contributed by atoms with Gasteiger partial charge in [0, 0.05) is 17.8 Å². The van der Waals surface area contributed by atoms with Crippen molar-refractivity contribution in [2.75, 3.05) is 12.0 Å². The van der Waals surface area contributed by atoms with Gasteiger partial charge in [-0.1, -0.05) is 19.9 Å². The van der Waals surface area contributed by atoms with Crippen LogP contribution in [0.5, 0.6) is 5.75 Å². The molecule has 0 saturated heterocycles. The number of amides is 1. The van der Waals surface area contributed by atoms with E-state index in [9.17, 15) is 14.7 Å². The van der Waals surface area contributed by atoms with Crippen LogP contribution in [0.15, 0.2) is 60.0 Å². The molecule has 134 valence electrons. The van der Waals surface area contributed by atoms with Crippen LogP contribution in [0.25, 0.3) is 0 Å². The quantitative estimate of drug-likeness (QED) is 0.894. The number of rotatable bonds is 5. The molecule has 6 heteroatoms. The van der Waals surface area contributed by atoms with Crippen LogP contribution in [-0.2, 0) is 9.59 Å². The fraction of sp³-hybridized carbons (Fsp3) is 0.250. The van der Waals surface area contributed by atoms with Gasteiger partial charge in [0.05, 0.1) is 18.4 Å². The lowest BCUT2D eigenvalue weighted by atomic mass is 9.93. The number of anilines is 1. The minimum Gasteiger partial charge on any atom is -0.503 e. The van der Waals surface area contributed by atoms with Gasteiger partial charge in [-0.05, 0) is 36.4 Å². The largest absolute Gasteiger partial charge is 0.503 e. The molecule has 0 saturated carbocycles. The predicted molar refractivity (Wildman–Crippen MR) is 97.0 cm³/mol. The molecule has 0 radical (unpaired) electrons. The molecule has 26 heavy (non-hydrogen) atoms. The number of ketones is 1. The van der Waals surface area contributed by atoms with Crippen molar-refractivity contribution in [3.8, 4) is 5.75 Å². The summed E-state index contributed by atoms with van der Waals surface area (Å²) in [5, 5.41) is 10.5. The Labute approximate surface area is 151 Å². The van der Waals surface area contributed by atoms with Gasteiger partial charge in [-0.2, -0.15) is 0 Å². The third kappa shape index (κ3) is 2.94. The smallest absolute Gasteiger partial charge is 0.294 e. The standard InChI is InChI=1S/C20H20N2O4/c1-12(2)18(23)16-17(15-6-4-5-11-21-15)22(20(25)19(16)24)13-7-9-14(26-3)10-8-13/h4-12,17,24H,1-3H3. The average Bonchev–Trinajstić information content (AvgIpc) is 2.93. The number of nitrogens with zero attached hydrogens (tertiary/aromatic N) is 2. The predicted octanol–water partition coefficient (Wildman–Crippen LogP) is 3.22. The molecule has 2 aromatic rings. The van der Waals surface area contributed by atoms with E-state index in [1.165, 1.54) is 4.90 Å². The first-order chi connectivity index (χ1) is 12.5. The fourth-order valence-electron chi connectivity index (χ4n) is 2.99. The summed E-state index contributed by atoms with van der Waals surface area (Å²) in [7, 11) is 1.56. The lowest BCUT2D eigenvalue weighted by Gasteiger charge is -2.26. The van der Waals surface area contributed by atoms with E-state index in [4.69, 9.17) is 4.74 Å². The molecule has 1 aromatic heterocycles. The Bertz CT molecular complexity index is 857. The number of carbonyl (C=O) groups is 2. The number of aliphatic hydroxyl groups is 1. The van der Waals surface area contributed by atoms with Crippen molar-refractivity contribution < 1.29 is 19.4 Å². The van der Waals surface area contributed by atoms with Gasteiger partial charge in [0.15, 0.2) is 11.5 Å². The van der Waals surface area contributed by atoms with Crippen LogP contribution in [0, 0.1) is 5.92 Å². The second-order valence-corrected chi connectivity index (χ2v) is 6.31. The highest BCUT2D eigenvalue weighted by atomic mass is 16.5. The van der Waals surface area contributed by atoms with Crippen molar-refractivity contribution in [1.82, 2.24) is 4.98 Å². The van der Waals surface area contributed by atoms with Crippen molar-refractivity contribution in [3.05, 3.63) is 65.7 Å². The molecule has 2 heterocycles. The maximum absolute atomic E-state index is 12.8. The number of ether oxygens (including phenoxy) is 1. The van der Waals surface area contributed by atoms with Crippen molar-refractivity contribution >= 4 is 17.4 Å². The SMILES string of the molecule is COc1ccc(N2C(=O)C(O)=C(C(=O)C(C)C)C2c2ccccn2)cc1. The summed E-state index contributed by atoms with van der Waals surface area (Å²) >= 11 is 0. The highest BCUT2D eigenvalue weighted by Gasteiger charge is 2.45. The van der Waals surface area contributed by atoms with Gasteiger partial charge >= 0.3 is 0 Å². The lowest BCUT2D eigenvalue weighted by molar-refractivity contribution is -0.119. The Kier molecular flexibility index (Phi) is 4.75. The minimum atomic E-state index is -0.771. The number of pyridine rings is 1. The topological polar surface area (TPSA) is 79.7 Å². The Hall–Kier alpha value is -3.15. The van der Waals surface area contributed by atoms with E-state index in [1.807, 2.05) is 0 Å². The zero-order valence-electron chi connectivity index (χ0n) is 14.8. The summed E-state index contributed by atoms with van der Waals surface area (Å²) < 4.78 is 5.15. The highest BCUT2D eigenvalue weighted by molar-refractivity contribution is 6.16. The van der Waals surface area contributed by atoms with Crippen LogP contribution in [0.3, 0.4) is 0 Å². The van der Waals surface area contributed by atoms with Crippen LogP contribution in [0.1, 0.15) is 25.6 Å². The molecular formula is C20H20N2O4. The van der Waals surface area contributed by atoms with E-state index in [-0.39, 0.29) is 17.3 Å². The van der Waals surface area contributed by atoms with Gasteiger partial charge in [0.1, 0.15) is 11.8 Å². The first-order valence-corrected chi connectivity index (χ1v) is 8.31.